The molecule has 9 nitrogen and oxygen atoms in total. The maximum absolute atomic E-state index is 12.8. The largest absolute Gasteiger partial charge is 0.481 e. The molecule has 2 aromatic rings. The third kappa shape index (κ3) is 6.05. The second-order valence-electron chi connectivity index (χ2n) is 6.82. The number of carbonyl (C=O) groups is 2. The van der Waals surface area contributed by atoms with Crippen LogP contribution in [0.2, 0.25) is 0 Å². The van der Waals surface area contributed by atoms with Gasteiger partial charge in [0.1, 0.15) is 12.7 Å². The Hall–Kier alpha value is -2.94. The van der Waals surface area contributed by atoms with E-state index in [1.807, 2.05) is 30.3 Å². The number of carboxylic acids is 1. The van der Waals surface area contributed by atoms with Crippen molar-refractivity contribution in [1.82, 2.24) is 25.0 Å². The van der Waals surface area contributed by atoms with Gasteiger partial charge >= 0.3 is 12.0 Å². The summed E-state index contributed by atoms with van der Waals surface area (Å²) in [7, 11) is 0. The molecule has 2 N–H and O–H groups in total. The highest BCUT2D eigenvalue weighted by Crippen LogP contribution is 2.11. The molecule has 2 amide bonds. The van der Waals surface area contributed by atoms with E-state index in [0.29, 0.717) is 39.1 Å². The lowest BCUT2D eigenvalue weighted by atomic mass is 10.0. The summed E-state index contributed by atoms with van der Waals surface area (Å²) in [5, 5.41) is 16.1. The van der Waals surface area contributed by atoms with Gasteiger partial charge in [0, 0.05) is 19.0 Å². The van der Waals surface area contributed by atoms with Crippen LogP contribution in [0, 0.1) is 0 Å². The zero-order valence-corrected chi connectivity index (χ0v) is 15.6. The summed E-state index contributed by atoms with van der Waals surface area (Å²) in [6, 6.07) is 9.30. The van der Waals surface area contributed by atoms with Gasteiger partial charge in [-0.1, -0.05) is 30.3 Å². The molecule has 1 aromatic heterocycles. The van der Waals surface area contributed by atoms with Crippen LogP contribution < -0.4 is 5.32 Å². The number of morpholine rings is 1. The molecule has 0 spiro atoms. The fourth-order valence-electron chi connectivity index (χ4n) is 3.24. The van der Waals surface area contributed by atoms with Crippen molar-refractivity contribution in [3.05, 3.63) is 48.5 Å². The quantitative estimate of drug-likeness (QED) is 0.704. The summed E-state index contributed by atoms with van der Waals surface area (Å²) < 4.78 is 7.40. The van der Waals surface area contributed by atoms with Crippen molar-refractivity contribution in [2.45, 2.75) is 38.0 Å². The number of aliphatic carboxylic acids is 1. The highest BCUT2D eigenvalue weighted by atomic mass is 16.5. The first-order chi connectivity index (χ1) is 13.6. The lowest BCUT2D eigenvalue weighted by molar-refractivity contribution is -0.137. The van der Waals surface area contributed by atoms with Gasteiger partial charge in [0.25, 0.3) is 0 Å². The molecular formula is C19H25N5O4. The lowest BCUT2D eigenvalue weighted by Crippen LogP contribution is -2.53. The van der Waals surface area contributed by atoms with Crippen LogP contribution in [0.3, 0.4) is 0 Å². The molecule has 0 bridgehead atoms. The first-order valence-electron chi connectivity index (χ1n) is 9.35. The third-order valence-electron chi connectivity index (χ3n) is 4.64. The zero-order chi connectivity index (χ0) is 19.8. The maximum Gasteiger partial charge on any atom is 0.317 e. The Balaban J connectivity index is 1.57. The Morgan fingerprint density at radius 2 is 2.14 bits per heavy atom. The number of hydrogen-bond acceptors (Lipinski definition) is 5. The number of urea groups is 1. The van der Waals surface area contributed by atoms with Crippen molar-refractivity contribution in [1.29, 1.82) is 0 Å². The molecular weight excluding hydrogens is 362 g/mol. The average molecular weight is 387 g/mol. The van der Waals surface area contributed by atoms with Crippen molar-refractivity contribution in [2.24, 2.45) is 0 Å². The molecule has 3 rings (SSSR count). The van der Waals surface area contributed by atoms with Gasteiger partial charge in [0.2, 0.25) is 0 Å². The first-order valence-corrected chi connectivity index (χ1v) is 9.35. The predicted molar refractivity (Wildman–Crippen MR) is 101 cm³/mol. The Morgan fingerprint density at radius 1 is 1.32 bits per heavy atom. The zero-order valence-electron chi connectivity index (χ0n) is 15.6. The van der Waals surface area contributed by atoms with Gasteiger partial charge in [-0.05, 0) is 18.4 Å². The van der Waals surface area contributed by atoms with E-state index in [1.54, 1.807) is 15.9 Å². The highest BCUT2D eigenvalue weighted by Gasteiger charge is 2.26. The van der Waals surface area contributed by atoms with Gasteiger partial charge in [-0.15, -0.1) is 0 Å². The summed E-state index contributed by atoms with van der Waals surface area (Å²) >= 11 is 0. The van der Waals surface area contributed by atoms with Crippen LogP contribution >= 0.6 is 0 Å². The molecule has 0 saturated carbocycles. The topological polar surface area (TPSA) is 110 Å². The number of carbonyl (C=O) groups excluding carboxylic acids is 1. The SMILES string of the molecule is O=C(O)CCC(Cc1ccccc1)NC(=O)N1CCOC(Cn2cncn2)C1. The van der Waals surface area contributed by atoms with Crippen molar-refractivity contribution < 1.29 is 19.4 Å². The van der Waals surface area contributed by atoms with Gasteiger partial charge in [0.15, 0.2) is 0 Å². The lowest BCUT2D eigenvalue weighted by Gasteiger charge is -2.34. The molecule has 2 atom stereocenters. The van der Waals surface area contributed by atoms with E-state index in [2.05, 4.69) is 15.4 Å². The Morgan fingerprint density at radius 3 is 2.86 bits per heavy atom. The molecule has 1 aromatic carbocycles. The average Bonchev–Trinajstić information content (AvgIpc) is 3.20. The molecule has 1 aliphatic heterocycles. The van der Waals surface area contributed by atoms with Crippen molar-refractivity contribution in [2.75, 3.05) is 19.7 Å². The van der Waals surface area contributed by atoms with Gasteiger partial charge in [-0.2, -0.15) is 5.10 Å². The van der Waals surface area contributed by atoms with E-state index in [9.17, 15) is 9.59 Å². The van der Waals surface area contributed by atoms with Crippen molar-refractivity contribution in [3.8, 4) is 0 Å². The van der Waals surface area contributed by atoms with Crippen LogP contribution in [0.4, 0.5) is 4.79 Å². The van der Waals surface area contributed by atoms with Crippen LogP contribution in [-0.4, -0.2) is 68.6 Å². The Labute approximate surface area is 163 Å². The number of ether oxygens (including phenoxy) is 1. The fraction of sp³-hybridized carbons (Fsp3) is 0.474. The highest BCUT2D eigenvalue weighted by molar-refractivity contribution is 5.75. The van der Waals surface area contributed by atoms with Crippen LogP contribution in [0.25, 0.3) is 0 Å². The normalized spacial score (nSPS) is 17.9. The summed E-state index contributed by atoms with van der Waals surface area (Å²) in [6.45, 7) is 1.92. The molecule has 0 aliphatic carbocycles. The fourth-order valence-corrected chi connectivity index (χ4v) is 3.24. The summed E-state index contributed by atoms with van der Waals surface area (Å²) in [4.78, 5) is 29.4. The van der Waals surface area contributed by atoms with Gasteiger partial charge in [-0.3, -0.25) is 9.48 Å². The molecule has 2 heterocycles. The molecule has 28 heavy (non-hydrogen) atoms. The summed E-state index contributed by atoms with van der Waals surface area (Å²) in [5.41, 5.74) is 1.06. The van der Waals surface area contributed by atoms with E-state index in [-0.39, 0.29) is 24.6 Å². The second-order valence-corrected chi connectivity index (χ2v) is 6.82. The van der Waals surface area contributed by atoms with Crippen LogP contribution in [0.1, 0.15) is 18.4 Å². The Kier molecular flexibility index (Phi) is 6.96. The maximum atomic E-state index is 12.8. The molecule has 1 saturated heterocycles. The molecule has 1 aliphatic rings. The molecule has 150 valence electrons. The number of nitrogens with zero attached hydrogens (tertiary/aromatic N) is 4. The van der Waals surface area contributed by atoms with Crippen molar-refractivity contribution in [3.63, 3.8) is 0 Å². The molecule has 1 fully saturated rings. The smallest absolute Gasteiger partial charge is 0.317 e. The molecule has 2 unspecified atom stereocenters. The number of amides is 2. The van der Waals surface area contributed by atoms with E-state index in [1.165, 1.54) is 6.33 Å². The third-order valence-corrected chi connectivity index (χ3v) is 4.64. The number of benzene rings is 1. The molecule has 0 radical (unpaired) electrons. The van der Waals surface area contributed by atoms with E-state index in [4.69, 9.17) is 9.84 Å². The van der Waals surface area contributed by atoms with Gasteiger partial charge in [0.05, 0.1) is 25.8 Å². The number of nitrogens with one attached hydrogen (secondary N) is 1. The standard InChI is InChI=1S/C19H25N5O4/c25-18(26)7-6-16(10-15-4-2-1-3-5-15)22-19(27)23-8-9-28-17(11-23)12-24-14-20-13-21-24/h1-5,13-14,16-17H,6-12H2,(H,22,27)(H,25,26). The van der Waals surface area contributed by atoms with Gasteiger partial charge in [-0.25, -0.2) is 9.78 Å². The van der Waals surface area contributed by atoms with Crippen molar-refractivity contribution >= 4 is 12.0 Å². The van der Waals surface area contributed by atoms with Crippen LogP contribution in [-0.2, 0) is 22.5 Å². The summed E-state index contributed by atoms with van der Waals surface area (Å²) in [6.07, 6.45) is 3.90. The van der Waals surface area contributed by atoms with E-state index in [0.717, 1.165) is 5.56 Å². The van der Waals surface area contributed by atoms with Gasteiger partial charge < -0.3 is 20.1 Å². The monoisotopic (exact) mass is 387 g/mol. The Bertz CT molecular complexity index is 753. The number of carboxylic acid groups (broad SMARTS) is 1. The minimum atomic E-state index is -0.869. The van der Waals surface area contributed by atoms with E-state index >= 15 is 0 Å². The van der Waals surface area contributed by atoms with E-state index < -0.39 is 5.97 Å². The second kappa shape index (κ2) is 9.84. The molecule has 9 heteroatoms. The minimum absolute atomic E-state index is 0.00974. The first kappa shape index (κ1) is 19.8. The number of aromatic nitrogens is 3. The summed E-state index contributed by atoms with van der Waals surface area (Å²) in [5.74, 6) is -0.869. The van der Waals surface area contributed by atoms with Crippen LogP contribution in [0.15, 0.2) is 43.0 Å². The van der Waals surface area contributed by atoms with Crippen LogP contribution in [0.5, 0.6) is 0 Å². The number of hydrogen-bond donors (Lipinski definition) is 2. The number of rotatable bonds is 8. The minimum Gasteiger partial charge on any atom is -0.481 e. The predicted octanol–water partition coefficient (Wildman–Crippen LogP) is 1.16.